The molecule has 100 valence electrons. The largest absolute Gasteiger partial charge is 0.491 e. The lowest BCUT2D eigenvalue weighted by Gasteiger charge is -2.17. The van der Waals surface area contributed by atoms with Crippen LogP contribution in [0.2, 0.25) is 0 Å². The van der Waals surface area contributed by atoms with Gasteiger partial charge in [-0.15, -0.1) is 0 Å². The molecule has 0 aromatic heterocycles. The average Bonchev–Trinajstić information content (AvgIpc) is 2.38. The molecule has 3 heteroatoms. The minimum atomic E-state index is -0.834. The Morgan fingerprint density at radius 2 is 1.37 bits per heavy atom. The molecule has 0 heterocycles. The summed E-state index contributed by atoms with van der Waals surface area (Å²) in [7, 11) is 0. The Bertz CT molecular complexity index is 498. The molecule has 0 aliphatic rings. The summed E-state index contributed by atoms with van der Waals surface area (Å²) < 4.78 is 11.1. The van der Waals surface area contributed by atoms with Crippen LogP contribution in [0.1, 0.15) is 13.8 Å². The third-order valence-corrected chi connectivity index (χ3v) is 2.39. The number of hydrogen-bond acceptors (Lipinski definition) is 3. The van der Waals surface area contributed by atoms with E-state index < -0.39 is 5.60 Å². The Morgan fingerprint density at radius 1 is 0.842 bits per heavy atom. The normalized spacial score (nSPS) is 11.1. The van der Waals surface area contributed by atoms with Gasteiger partial charge in [-0.2, -0.15) is 0 Å². The summed E-state index contributed by atoms with van der Waals surface area (Å²) in [6.07, 6.45) is 0. The van der Waals surface area contributed by atoms with Gasteiger partial charge in [0.25, 0.3) is 0 Å². The molecule has 2 aromatic rings. The van der Waals surface area contributed by atoms with E-state index in [0.29, 0.717) is 5.75 Å². The van der Waals surface area contributed by atoms with Crippen LogP contribution < -0.4 is 9.47 Å². The first kappa shape index (κ1) is 13.4. The van der Waals surface area contributed by atoms with Gasteiger partial charge < -0.3 is 14.6 Å². The summed E-state index contributed by atoms with van der Waals surface area (Å²) in [6.45, 7) is 3.67. The first-order chi connectivity index (χ1) is 9.03. The van der Waals surface area contributed by atoms with Crippen LogP contribution in [-0.4, -0.2) is 17.3 Å². The Morgan fingerprint density at radius 3 is 1.95 bits per heavy atom. The summed E-state index contributed by atoms with van der Waals surface area (Å²) in [5.74, 6) is 2.26. The van der Waals surface area contributed by atoms with Gasteiger partial charge in [-0.05, 0) is 50.2 Å². The molecular formula is C16H18O3. The van der Waals surface area contributed by atoms with Crippen LogP contribution >= 0.6 is 0 Å². The van der Waals surface area contributed by atoms with Gasteiger partial charge >= 0.3 is 0 Å². The van der Waals surface area contributed by atoms with Crippen LogP contribution in [0.4, 0.5) is 0 Å². The van der Waals surface area contributed by atoms with Crippen molar-refractivity contribution in [1.82, 2.24) is 0 Å². The second kappa shape index (κ2) is 5.76. The van der Waals surface area contributed by atoms with Crippen molar-refractivity contribution >= 4 is 0 Å². The number of aliphatic hydroxyl groups is 1. The Balaban J connectivity index is 1.95. The zero-order valence-electron chi connectivity index (χ0n) is 11.2. The summed E-state index contributed by atoms with van der Waals surface area (Å²) in [5.41, 5.74) is -0.834. The second-order valence-corrected chi connectivity index (χ2v) is 4.99. The number of para-hydroxylation sites is 1. The summed E-state index contributed by atoms with van der Waals surface area (Å²) in [4.78, 5) is 0. The summed E-state index contributed by atoms with van der Waals surface area (Å²) in [6, 6.07) is 16.9. The maximum Gasteiger partial charge on any atom is 0.127 e. The maximum atomic E-state index is 9.58. The molecular weight excluding hydrogens is 240 g/mol. The van der Waals surface area contributed by atoms with Gasteiger partial charge in [-0.3, -0.25) is 0 Å². The molecule has 2 rings (SSSR count). The molecule has 0 aliphatic heterocycles. The number of rotatable bonds is 5. The fourth-order valence-corrected chi connectivity index (χ4v) is 1.49. The SMILES string of the molecule is CC(C)(O)COc1ccc(Oc2ccccc2)cc1. The molecule has 1 N–H and O–H groups in total. The Labute approximate surface area is 113 Å². The number of benzene rings is 2. The van der Waals surface area contributed by atoms with Gasteiger partial charge in [0, 0.05) is 0 Å². The predicted molar refractivity (Wildman–Crippen MR) is 74.8 cm³/mol. The van der Waals surface area contributed by atoms with E-state index in [1.807, 2.05) is 54.6 Å². The van der Waals surface area contributed by atoms with Crippen molar-refractivity contribution in [2.75, 3.05) is 6.61 Å². The highest BCUT2D eigenvalue weighted by atomic mass is 16.5. The van der Waals surface area contributed by atoms with E-state index in [9.17, 15) is 5.11 Å². The highest BCUT2D eigenvalue weighted by molar-refractivity contribution is 5.35. The molecule has 0 amide bonds. The van der Waals surface area contributed by atoms with Crippen LogP contribution in [0.3, 0.4) is 0 Å². The van der Waals surface area contributed by atoms with Crippen molar-refractivity contribution in [3.63, 3.8) is 0 Å². The summed E-state index contributed by atoms with van der Waals surface area (Å²) in [5, 5.41) is 9.58. The third kappa shape index (κ3) is 4.64. The molecule has 2 aromatic carbocycles. The maximum absolute atomic E-state index is 9.58. The van der Waals surface area contributed by atoms with E-state index >= 15 is 0 Å². The van der Waals surface area contributed by atoms with E-state index in [1.54, 1.807) is 13.8 Å². The van der Waals surface area contributed by atoms with E-state index in [1.165, 1.54) is 0 Å². The number of ether oxygens (including phenoxy) is 2. The fourth-order valence-electron chi connectivity index (χ4n) is 1.49. The first-order valence-electron chi connectivity index (χ1n) is 6.21. The molecule has 0 spiro atoms. The lowest BCUT2D eigenvalue weighted by atomic mass is 10.2. The van der Waals surface area contributed by atoms with Crippen LogP contribution in [0.5, 0.6) is 17.2 Å². The molecule has 0 saturated heterocycles. The van der Waals surface area contributed by atoms with Crippen molar-refractivity contribution in [2.45, 2.75) is 19.4 Å². The smallest absolute Gasteiger partial charge is 0.127 e. The lowest BCUT2D eigenvalue weighted by molar-refractivity contribution is 0.0285. The van der Waals surface area contributed by atoms with Crippen LogP contribution in [0, 0.1) is 0 Å². The zero-order chi connectivity index (χ0) is 13.7. The van der Waals surface area contributed by atoms with Crippen molar-refractivity contribution in [2.24, 2.45) is 0 Å². The minimum Gasteiger partial charge on any atom is -0.491 e. The molecule has 0 atom stereocenters. The van der Waals surface area contributed by atoms with Gasteiger partial charge in [0.05, 0.1) is 5.60 Å². The van der Waals surface area contributed by atoms with Gasteiger partial charge in [0.1, 0.15) is 23.9 Å². The van der Waals surface area contributed by atoms with E-state index in [4.69, 9.17) is 9.47 Å². The molecule has 0 saturated carbocycles. The second-order valence-electron chi connectivity index (χ2n) is 4.99. The van der Waals surface area contributed by atoms with Crippen LogP contribution in [0.15, 0.2) is 54.6 Å². The van der Waals surface area contributed by atoms with E-state index in [-0.39, 0.29) is 6.61 Å². The molecule has 0 bridgehead atoms. The summed E-state index contributed by atoms with van der Waals surface area (Å²) >= 11 is 0. The van der Waals surface area contributed by atoms with Crippen molar-refractivity contribution in [3.8, 4) is 17.2 Å². The van der Waals surface area contributed by atoms with Gasteiger partial charge in [0.2, 0.25) is 0 Å². The molecule has 0 fully saturated rings. The highest BCUT2D eigenvalue weighted by Gasteiger charge is 2.13. The highest BCUT2D eigenvalue weighted by Crippen LogP contribution is 2.23. The third-order valence-electron chi connectivity index (χ3n) is 2.39. The standard InChI is InChI=1S/C16H18O3/c1-16(2,17)12-18-13-8-10-15(11-9-13)19-14-6-4-3-5-7-14/h3-11,17H,12H2,1-2H3. The van der Waals surface area contributed by atoms with Gasteiger partial charge in [0.15, 0.2) is 0 Å². The monoisotopic (exact) mass is 258 g/mol. The Hall–Kier alpha value is -2.00. The molecule has 0 unspecified atom stereocenters. The molecule has 3 nitrogen and oxygen atoms in total. The van der Waals surface area contributed by atoms with Crippen molar-refractivity contribution < 1.29 is 14.6 Å². The van der Waals surface area contributed by atoms with Crippen molar-refractivity contribution in [1.29, 1.82) is 0 Å². The Kier molecular flexibility index (Phi) is 4.07. The van der Waals surface area contributed by atoms with E-state index in [0.717, 1.165) is 11.5 Å². The fraction of sp³-hybridized carbons (Fsp3) is 0.250. The van der Waals surface area contributed by atoms with E-state index in [2.05, 4.69) is 0 Å². The quantitative estimate of drug-likeness (QED) is 0.890. The molecule has 19 heavy (non-hydrogen) atoms. The zero-order valence-corrected chi connectivity index (χ0v) is 11.2. The van der Waals surface area contributed by atoms with Crippen molar-refractivity contribution in [3.05, 3.63) is 54.6 Å². The topological polar surface area (TPSA) is 38.7 Å². The molecule has 0 radical (unpaired) electrons. The minimum absolute atomic E-state index is 0.256. The van der Waals surface area contributed by atoms with Gasteiger partial charge in [-0.25, -0.2) is 0 Å². The average molecular weight is 258 g/mol. The van der Waals surface area contributed by atoms with Crippen LogP contribution in [-0.2, 0) is 0 Å². The first-order valence-corrected chi connectivity index (χ1v) is 6.21. The number of hydrogen-bond donors (Lipinski definition) is 1. The lowest BCUT2D eigenvalue weighted by Crippen LogP contribution is -2.27. The predicted octanol–water partition coefficient (Wildman–Crippen LogP) is 3.63. The van der Waals surface area contributed by atoms with Gasteiger partial charge in [-0.1, -0.05) is 18.2 Å². The molecule has 0 aliphatic carbocycles. The van der Waals surface area contributed by atoms with Crippen LogP contribution in [0.25, 0.3) is 0 Å².